The number of unbranched alkanes of at least 4 members (excludes halogenated alkanes) is 37. The first-order valence-corrected chi connectivity index (χ1v) is 29.5. The number of ether oxygens (including phenoxy) is 3. The molecule has 0 saturated heterocycles. The minimum absolute atomic E-state index is 0.0830. The molecule has 0 fully saturated rings. The zero-order valence-corrected chi connectivity index (χ0v) is 44.9. The van der Waals surface area contributed by atoms with Crippen LogP contribution in [0.3, 0.4) is 0 Å². The molecule has 1 atom stereocenters. The van der Waals surface area contributed by atoms with E-state index in [9.17, 15) is 14.4 Å². The lowest BCUT2D eigenvalue weighted by atomic mass is 10.0. The van der Waals surface area contributed by atoms with E-state index < -0.39 is 6.10 Å². The van der Waals surface area contributed by atoms with E-state index in [1.54, 1.807) is 0 Å². The maximum atomic E-state index is 12.9. The van der Waals surface area contributed by atoms with Crippen LogP contribution in [0.2, 0.25) is 0 Å². The molecule has 67 heavy (non-hydrogen) atoms. The second kappa shape index (κ2) is 56.2. The Hall–Kier alpha value is -2.37. The molecule has 0 amide bonds. The van der Waals surface area contributed by atoms with Crippen molar-refractivity contribution in [1.29, 1.82) is 0 Å². The lowest BCUT2D eigenvalue weighted by molar-refractivity contribution is -0.167. The molecule has 6 nitrogen and oxygen atoms in total. The van der Waals surface area contributed by atoms with Crippen LogP contribution >= 0.6 is 0 Å². The Balaban J connectivity index is 4.33. The van der Waals surface area contributed by atoms with Crippen LogP contribution < -0.4 is 0 Å². The molecule has 0 N–H and O–H groups in total. The second-order valence-corrected chi connectivity index (χ2v) is 19.9. The molecule has 0 aliphatic heterocycles. The maximum absolute atomic E-state index is 12.9. The Bertz CT molecular complexity index is 1130. The summed E-state index contributed by atoms with van der Waals surface area (Å²) >= 11 is 0. The molecule has 0 rings (SSSR count). The van der Waals surface area contributed by atoms with Gasteiger partial charge in [-0.1, -0.05) is 282 Å². The SMILES string of the molecule is CCCCCCCC/C=C\C/C=C\C/C=C\CCCC(=O)OC[C@H](COC(=O)CCCCCCCCCCCCC)OC(=O)CCCCCCCCCCCCCCCCCCCCCCC. The molecule has 0 radical (unpaired) electrons. The molecule has 0 aliphatic carbocycles. The second-order valence-electron chi connectivity index (χ2n) is 19.9. The van der Waals surface area contributed by atoms with Crippen molar-refractivity contribution < 1.29 is 28.6 Å². The third-order valence-electron chi connectivity index (χ3n) is 13.1. The Morgan fingerprint density at radius 1 is 0.299 bits per heavy atom. The summed E-state index contributed by atoms with van der Waals surface area (Å²) < 4.78 is 16.8. The fraction of sp³-hybridized carbons (Fsp3) is 0.852. The topological polar surface area (TPSA) is 78.9 Å². The van der Waals surface area contributed by atoms with Crippen LogP contribution in [0, 0.1) is 0 Å². The Morgan fingerprint density at radius 3 is 0.896 bits per heavy atom. The molecule has 0 saturated carbocycles. The molecule has 6 heteroatoms. The third kappa shape index (κ3) is 54.4. The number of carbonyl (C=O) groups excluding carboxylic acids is 3. The molecule has 0 aromatic carbocycles. The Morgan fingerprint density at radius 2 is 0.552 bits per heavy atom. The average molecular weight is 942 g/mol. The van der Waals surface area contributed by atoms with E-state index in [1.807, 2.05) is 0 Å². The summed E-state index contributed by atoms with van der Waals surface area (Å²) in [5.41, 5.74) is 0. The van der Waals surface area contributed by atoms with Gasteiger partial charge in [0, 0.05) is 19.3 Å². The number of hydrogen-bond acceptors (Lipinski definition) is 6. The molecule has 0 aromatic rings. The van der Waals surface area contributed by atoms with Gasteiger partial charge in [0.15, 0.2) is 6.10 Å². The standard InChI is InChI=1S/C61H112O6/c1-4-7-10-13-16-19-22-24-26-28-29-30-31-33-35-37-40-43-46-49-52-55-61(64)67-58(56-65-59(62)53-50-47-44-41-38-21-18-15-12-9-6-3)57-66-60(63)54-51-48-45-42-39-36-34-32-27-25-23-20-17-14-11-8-5-2/h25,27,34,36,42,45,58H,4-24,26,28-33,35,37-41,43-44,46-57H2,1-3H3/b27-25-,36-34-,45-42-/t58-/m0/s1. The normalized spacial score (nSPS) is 12.2. The van der Waals surface area contributed by atoms with E-state index >= 15 is 0 Å². The summed E-state index contributed by atoms with van der Waals surface area (Å²) in [5, 5.41) is 0. The summed E-state index contributed by atoms with van der Waals surface area (Å²) in [6, 6.07) is 0. The van der Waals surface area contributed by atoms with E-state index in [1.165, 1.54) is 212 Å². The molecule has 392 valence electrons. The number of esters is 3. The molecule has 0 unspecified atom stereocenters. The molecule has 0 bridgehead atoms. The van der Waals surface area contributed by atoms with Crippen molar-refractivity contribution >= 4 is 17.9 Å². The average Bonchev–Trinajstić information content (AvgIpc) is 3.33. The first kappa shape index (κ1) is 64.6. The summed E-state index contributed by atoms with van der Waals surface area (Å²) in [4.78, 5) is 38.1. The van der Waals surface area contributed by atoms with Gasteiger partial charge < -0.3 is 14.2 Å². The van der Waals surface area contributed by atoms with E-state index in [4.69, 9.17) is 14.2 Å². The van der Waals surface area contributed by atoms with Gasteiger partial charge in [0.05, 0.1) is 0 Å². The van der Waals surface area contributed by atoms with Gasteiger partial charge in [0.25, 0.3) is 0 Å². The van der Waals surface area contributed by atoms with Crippen molar-refractivity contribution in [2.45, 2.75) is 322 Å². The van der Waals surface area contributed by atoms with E-state index in [0.717, 1.165) is 57.8 Å². The predicted octanol–water partition coefficient (Wildman–Crippen LogP) is 19.7. The van der Waals surface area contributed by atoms with Gasteiger partial charge >= 0.3 is 17.9 Å². The Labute approximate surface area is 416 Å². The fourth-order valence-corrected chi connectivity index (χ4v) is 8.70. The molecule has 0 aromatic heterocycles. The zero-order chi connectivity index (χ0) is 48.6. The maximum Gasteiger partial charge on any atom is 0.306 e. The van der Waals surface area contributed by atoms with Gasteiger partial charge in [-0.25, -0.2) is 0 Å². The van der Waals surface area contributed by atoms with Crippen LogP contribution in [0.25, 0.3) is 0 Å². The highest BCUT2D eigenvalue weighted by Crippen LogP contribution is 2.17. The van der Waals surface area contributed by atoms with Gasteiger partial charge in [0.2, 0.25) is 0 Å². The van der Waals surface area contributed by atoms with Gasteiger partial charge in [-0.15, -0.1) is 0 Å². The van der Waals surface area contributed by atoms with Crippen LogP contribution in [0.15, 0.2) is 36.5 Å². The minimum Gasteiger partial charge on any atom is -0.462 e. The van der Waals surface area contributed by atoms with E-state index in [0.29, 0.717) is 25.7 Å². The van der Waals surface area contributed by atoms with Crippen LogP contribution in [0.1, 0.15) is 316 Å². The van der Waals surface area contributed by atoms with Gasteiger partial charge in [-0.05, 0) is 51.4 Å². The van der Waals surface area contributed by atoms with Gasteiger partial charge in [-0.3, -0.25) is 14.4 Å². The largest absolute Gasteiger partial charge is 0.462 e. The van der Waals surface area contributed by atoms with Crippen LogP contribution in [-0.2, 0) is 28.6 Å². The summed E-state index contributed by atoms with van der Waals surface area (Å²) in [6.45, 7) is 6.63. The number of hydrogen-bond donors (Lipinski definition) is 0. The van der Waals surface area contributed by atoms with Crippen molar-refractivity contribution in [3.63, 3.8) is 0 Å². The van der Waals surface area contributed by atoms with Gasteiger partial charge in [-0.2, -0.15) is 0 Å². The Kier molecular flexibility index (Phi) is 54.2. The molecule has 0 spiro atoms. The third-order valence-corrected chi connectivity index (χ3v) is 13.1. The van der Waals surface area contributed by atoms with Crippen LogP contribution in [-0.4, -0.2) is 37.2 Å². The van der Waals surface area contributed by atoms with Crippen LogP contribution in [0.5, 0.6) is 0 Å². The van der Waals surface area contributed by atoms with Crippen molar-refractivity contribution in [2.24, 2.45) is 0 Å². The predicted molar refractivity (Wildman–Crippen MR) is 289 cm³/mol. The van der Waals surface area contributed by atoms with Crippen molar-refractivity contribution in [1.82, 2.24) is 0 Å². The van der Waals surface area contributed by atoms with Crippen molar-refractivity contribution in [3.05, 3.63) is 36.5 Å². The van der Waals surface area contributed by atoms with Crippen LogP contribution in [0.4, 0.5) is 0 Å². The monoisotopic (exact) mass is 941 g/mol. The summed E-state index contributed by atoms with van der Waals surface area (Å²) in [6.07, 6.45) is 67.2. The first-order valence-electron chi connectivity index (χ1n) is 29.5. The van der Waals surface area contributed by atoms with Crippen molar-refractivity contribution in [3.8, 4) is 0 Å². The quantitative estimate of drug-likeness (QED) is 0.0262. The van der Waals surface area contributed by atoms with E-state index in [2.05, 4.69) is 57.2 Å². The highest BCUT2D eigenvalue weighted by molar-refractivity contribution is 5.71. The zero-order valence-electron chi connectivity index (χ0n) is 44.9. The van der Waals surface area contributed by atoms with Crippen molar-refractivity contribution in [2.75, 3.05) is 13.2 Å². The van der Waals surface area contributed by atoms with Gasteiger partial charge in [0.1, 0.15) is 13.2 Å². The molecular weight excluding hydrogens is 829 g/mol. The summed E-state index contributed by atoms with van der Waals surface area (Å²) in [5.74, 6) is -0.920. The minimum atomic E-state index is -0.787. The smallest absolute Gasteiger partial charge is 0.306 e. The first-order chi connectivity index (χ1) is 33.0. The molecule has 0 aliphatic rings. The lowest BCUT2D eigenvalue weighted by Gasteiger charge is -2.18. The number of rotatable bonds is 54. The van der Waals surface area contributed by atoms with E-state index in [-0.39, 0.29) is 31.1 Å². The molecular formula is C61H112O6. The molecule has 0 heterocycles. The highest BCUT2D eigenvalue weighted by Gasteiger charge is 2.19. The summed E-state index contributed by atoms with van der Waals surface area (Å²) in [7, 11) is 0. The highest BCUT2D eigenvalue weighted by atomic mass is 16.6. The lowest BCUT2D eigenvalue weighted by Crippen LogP contribution is -2.30. The number of allylic oxidation sites excluding steroid dienone is 6. The fourth-order valence-electron chi connectivity index (χ4n) is 8.70. The number of carbonyl (C=O) groups is 3.